The molecule has 0 bridgehead atoms. The van der Waals surface area contributed by atoms with E-state index in [-0.39, 0.29) is 25.3 Å². The summed E-state index contributed by atoms with van der Waals surface area (Å²) in [7, 11) is 0. The number of carbonyl (C=O) groups is 2. The zero-order chi connectivity index (χ0) is 25.5. The molecule has 0 atom stereocenters. The van der Waals surface area contributed by atoms with Crippen LogP contribution in [0, 0.1) is 6.92 Å². The number of benzene rings is 2. The van der Waals surface area contributed by atoms with Crippen molar-refractivity contribution in [2.24, 2.45) is 0 Å². The van der Waals surface area contributed by atoms with Gasteiger partial charge >= 0.3 is 6.03 Å². The number of amides is 3. The number of furan rings is 1. The van der Waals surface area contributed by atoms with Gasteiger partial charge in [0.05, 0.1) is 6.54 Å². The van der Waals surface area contributed by atoms with Crippen molar-refractivity contribution in [1.29, 1.82) is 0 Å². The summed E-state index contributed by atoms with van der Waals surface area (Å²) in [5.74, 6) is 2.65. The van der Waals surface area contributed by atoms with E-state index in [1.165, 1.54) is 0 Å². The van der Waals surface area contributed by atoms with Crippen LogP contribution in [0.3, 0.4) is 0 Å². The molecule has 0 spiro atoms. The molecule has 3 amide bonds. The van der Waals surface area contributed by atoms with Gasteiger partial charge in [-0.1, -0.05) is 38.1 Å². The molecule has 8 heteroatoms. The molecule has 2 heterocycles. The second-order valence-corrected chi connectivity index (χ2v) is 8.81. The van der Waals surface area contributed by atoms with E-state index in [1.807, 2.05) is 75.4 Å². The fourth-order valence-corrected chi connectivity index (χ4v) is 4.18. The summed E-state index contributed by atoms with van der Waals surface area (Å²) in [4.78, 5) is 30.0. The Kier molecular flexibility index (Phi) is 8.15. The minimum Gasteiger partial charge on any atom is -0.464 e. The Bertz CT molecular complexity index is 1210. The Morgan fingerprint density at radius 3 is 2.50 bits per heavy atom. The van der Waals surface area contributed by atoms with Crippen LogP contribution in [0.2, 0.25) is 0 Å². The maximum absolute atomic E-state index is 13.6. The molecule has 0 fully saturated rings. The monoisotopic (exact) mass is 491 g/mol. The SMILES string of the molecule is CCCN(CC(=O)N(Cc1ccc2c(c1)OCO2)Cc1ccc(C)o1)C(=O)Nc1ccccc1CC. The third-order valence-corrected chi connectivity index (χ3v) is 6.05. The van der Waals surface area contributed by atoms with Crippen molar-refractivity contribution in [1.82, 2.24) is 9.80 Å². The summed E-state index contributed by atoms with van der Waals surface area (Å²) in [6.07, 6.45) is 1.53. The van der Waals surface area contributed by atoms with E-state index in [1.54, 1.807) is 9.80 Å². The van der Waals surface area contributed by atoms with E-state index in [2.05, 4.69) is 5.32 Å². The zero-order valence-electron chi connectivity index (χ0n) is 21.1. The van der Waals surface area contributed by atoms with Gasteiger partial charge in [-0.05, 0) is 61.2 Å². The third kappa shape index (κ3) is 6.19. The van der Waals surface area contributed by atoms with E-state index < -0.39 is 0 Å². The molecule has 4 rings (SSSR count). The minimum atomic E-state index is -0.289. The molecule has 0 radical (unpaired) electrons. The largest absolute Gasteiger partial charge is 0.464 e. The highest BCUT2D eigenvalue weighted by molar-refractivity contribution is 5.93. The number of hydrogen-bond donors (Lipinski definition) is 1. The normalized spacial score (nSPS) is 11.9. The van der Waals surface area contributed by atoms with Crippen LogP contribution < -0.4 is 14.8 Å². The lowest BCUT2D eigenvalue weighted by Crippen LogP contribution is -2.44. The van der Waals surface area contributed by atoms with Crippen molar-refractivity contribution in [3.05, 3.63) is 77.2 Å². The summed E-state index contributed by atoms with van der Waals surface area (Å²) >= 11 is 0. The van der Waals surface area contributed by atoms with Crippen molar-refractivity contribution in [2.45, 2.75) is 46.7 Å². The van der Waals surface area contributed by atoms with Crippen molar-refractivity contribution in [3.63, 3.8) is 0 Å². The van der Waals surface area contributed by atoms with E-state index >= 15 is 0 Å². The number of nitrogens with zero attached hydrogens (tertiary/aromatic N) is 2. The molecule has 0 saturated carbocycles. The Balaban J connectivity index is 1.51. The number of hydrogen-bond acceptors (Lipinski definition) is 5. The van der Waals surface area contributed by atoms with Crippen LogP contribution in [0.1, 0.15) is 42.9 Å². The van der Waals surface area contributed by atoms with Gasteiger partial charge in [-0.3, -0.25) is 4.79 Å². The maximum atomic E-state index is 13.6. The van der Waals surface area contributed by atoms with Crippen LogP contribution in [0.15, 0.2) is 59.0 Å². The van der Waals surface area contributed by atoms with Crippen molar-refractivity contribution < 1.29 is 23.5 Å². The molecule has 0 saturated heterocycles. The average Bonchev–Trinajstić information content (AvgIpc) is 3.51. The molecule has 0 aliphatic carbocycles. The molecule has 1 aliphatic rings. The van der Waals surface area contributed by atoms with Crippen molar-refractivity contribution in [3.8, 4) is 11.5 Å². The van der Waals surface area contributed by atoms with Crippen molar-refractivity contribution in [2.75, 3.05) is 25.2 Å². The lowest BCUT2D eigenvalue weighted by Gasteiger charge is -2.27. The molecule has 1 aliphatic heterocycles. The van der Waals surface area contributed by atoms with Gasteiger partial charge < -0.3 is 29.0 Å². The molecular formula is C28H33N3O5. The second kappa shape index (κ2) is 11.7. The van der Waals surface area contributed by atoms with Crippen molar-refractivity contribution >= 4 is 17.6 Å². The average molecular weight is 492 g/mol. The number of fused-ring (bicyclic) bond motifs is 1. The van der Waals surface area contributed by atoms with Crippen LogP contribution in [-0.4, -0.2) is 41.6 Å². The zero-order valence-corrected chi connectivity index (χ0v) is 21.1. The first-order valence-corrected chi connectivity index (χ1v) is 12.3. The number of carbonyl (C=O) groups excluding carboxylic acids is 2. The number of anilines is 1. The van der Waals surface area contributed by atoms with Gasteiger partial charge in [0.15, 0.2) is 11.5 Å². The summed E-state index contributed by atoms with van der Waals surface area (Å²) in [5.41, 5.74) is 2.72. The first-order valence-electron chi connectivity index (χ1n) is 12.3. The summed E-state index contributed by atoms with van der Waals surface area (Å²) in [6, 6.07) is 16.8. The van der Waals surface area contributed by atoms with Crippen LogP contribution in [0.5, 0.6) is 11.5 Å². The molecule has 190 valence electrons. The predicted molar refractivity (Wildman–Crippen MR) is 137 cm³/mol. The van der Waals surface area contributed by atoms with E-state index in [0.29, 0.717) is 36.9 Å². The highest BCUT2D eigenvalue weighted by atomic mass is 16.7. The maximum Gasteiger partial charge on any atom is 0.322 e. The second-order valence-electron chi connectivity index (χ2n) is 8.81. The number of aryl methyl sites for hydroxylation is 2. The quantitative estimate of drug-likeness (QED) is 0.413. The van der Waals surface area contributed by atoms with Gasteiger partial charge in [0, 0.05) is 18.8 Å². The molecule has 1 N–H and O–H groups in total. The third-order valence-electron chi connectivity index (χ3n) is 6.05. The topological polar surface area (TPSA) is 84.2 Å². The van der Waals surface area contributed by atoms with E-state index in [4.69, 9.17) is 13.9 Å². The highest BCUT2D eigenvalue weighted by Gasteiger charge is 2.24. The lowest BCUT2D eigenvalue weighted by molar-refractivity contribution is -0.133. The molecule has 3 aromatic rings. The van der Waals surface area contributed by atoms with Crippen LogP contribution >= 0.6 is 0 Å². The van der Waals surface area contributed by atoms with Crippen LogP contribution in [0.4, 0.5) is 10.5 Å². The highest BCUT2D eigenvalue weighted by Crippen LogP contribution is 2.33. The fraction of sp³-hybridized carbons (Fsp3) is 0.357. The minimum absolute atomic E-state index is 0.0434. The molecule has 2 aromatic carbocycles. The smallest absolute Gasteiger partial charge is 0.322 e. The molecule has 36 heavy (non-hydrogen) atoms. The Morgan fingerprint density at radius 1 is 0.944 bits per heavy atom. The first kappa shape index (κ1) is 25.2. The molecule has 0 unspecified atom stereocenters. The number of nitrogens with one attached hydrogen (secondary N) is 1. The van der Waals surface area contributed by atoms with Gasteiger partial charge in [-0.25, -0.2) is 4.79 Å². The fourth-order valence-electron chi connectivity index (χ4n) is 4.18. The van der Waals surface area contributed by atoms with Gasteiger partial charge in [-0.15, -0.1) is 0 Å². The van der Waals surface area contributed by atoms with Crippen LogP contribution in [-0.2, 0) is 24.3 Å². The summed E-state index contributed by atoms with van der Waals surface area (Å²) < 4.78 is 16.7. The number of urea groups is 1. The number of rotatable bonds is 10. The van der Waals surface area contributed by atoms with Gasteiger partial charge in [-0.2, -0.15) is 0 Å². The van der Waals surface area contributed by atoms with E-state index in [9.17, 15) is 9.59 Å². The van der Waals surface area contributed by atoms with Crippen LogP contribution in [0.25, 0.3) is 0 Å². The first-order chi connectivity index (χ1) is 17.5. The summed E-state index contributed by atoms with van der Waals surface area (Å²) in [5, 5.41) is 2.99. The molecule has 1 aromatic heterocycles. The number of para-hydroxylation sites is 1. The van der Waals surface area contributed by atoms with Gasteiger partial charge in [0.25, 0.3) is 0 Å². The lowest BCUT2D eigenvalue weighted by atomic mass is 10.1. The Morgan fingerprint density at radius 2 is 1.75 bits per heavy atom. The molecule has 8 nitrogen and oxygen atoms in total. The van der Waals surface area contributed by atoms with Gasteiger partial charge in [0.1, 0.15) is 18.1 Å². The van der Waals surface area contributed by atoms with Gasteiger partial charge in [0.2, 0.25) is 12.7 Å². The standard InChI is InChI=1S/C28H33N3O5/c1-4-14-30(28(33)29-24-9-7-6-8-22(24)5-2)18-27(32)31(17-23-12-10-20(3)36-23)16-21-11-13-25-26(15-21)35-19-34-25/h6-13,15H,4-5,14,16-19H2,1-3H3,(H,29,33). The summed E-state index contributed by atoms with van der Waals surface area (Å²) in [6.45, 7) is 7.15. The Hall–Kier alpha value is -3.94. The predicted octanol–water partition coefficient (Wildman–Crippen LogP) is 5.35. The Labute approximate surface area is 211 Å². The van der Waals surface area contributed by atoms with E-state index in [0.717, 1.165) is 35.4 Å². The molecular weight excluding hydrogens is 458 g/mol. The number of ether oxygens (including phenoxy) is 2.